The summed E-state index contributed by atoms with van der Waals surface area (Å²) < 4.78 is 0. The van der Waals surface area contributed by atoms with Crippen molar-refractivity contribution < 1.29 is 4.79 Å². The molecule has 0 N–H and O–H groups in total. The zero-order valence-electron chi connectivity index (χ0n) is 6.85. The average Bonchev–Trinajstić information content (AvgIpc) is 1.81. The van der Waals surface area contributed by atoms with E-state index in [1.54, 1.807) is 6.08 Å². The molecule has 1 nitrogen and oxygen atoms in total. The minimum absolute atomic E-state index is 0.721. The molecule has 0 rings (SSSR count). The summed E-state index contributed by atoms with van der Waals surface area (Å²) in [6.07, 6.45) is 2.45. The molecule has 0 saturated heterocycles. The van der Waals surface area contributed by atoms with Crippen LogP contribution in [0.3, 0.4) is 0 Å². The number of carbonyl (C=O) groups excluding carboxylic acids is 1. The maximum absolute atomic E-state index is 10.3. The van der Waals surface area contributed by atoms with E-state index in [2.05, 4.69) is 26.2 Å². The molecule has 0 aromatic heterocycles. The van der Waals surface area contributed by atoms with Crippen molar-refractivity contribution in [3.05, 3.63) is 23.9 Å². The van der Waals surface area contributed by atoms with E-state index < -0.39 is 8.07 Å². The van der Waals surface area contributed by atoms with Gasteiger partial charge < -0.3 is 0 Å². The smallest absolute Gasteiger partial charge is 0.149 e. The molecule has 0 fully saturated rings. The second-order valence-electron chi connectivity index (χ2n) is 3.33. The molecular formula is C8H14OSi. The summed E-state index contributed by atoms with van der Waals surface area (Å²) >= 11 is 0. The van der Waals surface area contributed by atoms with E-state index in [1.165, 1.54) is 0 Å². The van der Waals surface area contributed by atoms with E-state index in [-0.39, 0.29) is 0 Å². The van der Waals surface area contributed by atoms with Crippen LogP contribution in [0.4, 0.5) is 0 Å². The fourth-order valence-electron chi connectivity index (χ4n) is 0.641. The SMILES string of the molecule is C=C/C(C=O)=C/[Si](C)(C)C. The van der Waals surface area contributed by atoms with Crippen molar-refractivity contribution in [1.82, 2.24) is 0 Å². The molecule has 0 aliphatic rings. The molecule has 0 aliphatic heterocycles. The van der Waals surface area contributed by atoms with Gasteiger partial charge >= 0.3 is 0 Å². The van der Waals surface area contributed by atoms with E-state index in [9.17, 15) is 4.79 Å². The maximum Gasteiger partial charge on any atom is 0.149 e. The molecular weight excluding hydrogens is 140 g/mol. The van der Waals surface area contributed by atoms with Gasteiger partial charge in [0.15, 0.2) is 0 Å². The summed E-state index contributed by atoms with van der Waals surface area (Å²) in [7, 11) is -1.23. The Bertz CT molecular complexity index is 153. The molecule has 10 heavy (non-hydrogen) atoms. The molecule has 0 atom stereocenters. The summed E-state index contributed by atoms with van der Waals surface area (Å²) in [5.41, 5.74) is 2.76. The first kappa shape index (κ1) is 9.37. The average molecular weight is 154 g/mol. The maximum atomic E-state index is 10.3. The van der Waals surface area contributed by atoms with Crippen LogP contribution >= 0.6 is 0 Å². The third kappa shape index (κ3) is 4.27. The molecule has 2 heteroatoms. The van der Waals surface area contributed by atoms with Crippen LogP contribution in [-0.4, -0.2) is 14.4 Å². The van der Waals surface area contributed by atoms with Gasteiger partial charge in [0, 0.05) is 5.57 Å². The van der Waals surface area contributed by atoms with Gasteiger partial charge in [0.1, 0.15) is 6.29 Å². The van der Waals surface area contributed by atoms with Gasteiger partial charge in [-0.15, -0.1) is 0 Å². The lowest BCUT2D eigenvalue weighted by Crippen LogP contribution is -2.16. The molecule has 0 heterocycles. The van der Waals surface area contributed by atoms with Gasteiger partial charge in [0.05, 0.1) is 8.07 Å². The van der Waals surface area contributed by atoms with Crippen molar-refractivity contribution in [2.24, 2.45) is 0 Å². The van der Waals surface area contributed by atoms with Gasteiger partial charge in [-0.25, -0.2) is 0 Å². The highest BCUT2D eigenvalue weighted by Gasteiger charge is 2.08. The Hall–Kier alpha value is -0.633. The largest absolute Gasteiger partial charge is 0.298 e. The first-order chi connectivity index (χ1) is 4.49. The Balaban J connectivity index is 4.39. The fraction of sp³-hybridized carbons (Fsp3) is 0.375. The van der Waals surface area contributed by atoms with Crippen molar-refractivity contribution in [2.45, 2.75) is 19.6 Å². The Morgan fingerprint density at radius 2 is 1.90 bits per heavy atom. The van der Waals surface area contributed by atoms with Crippen molar-refractivity contribution in [1.29, 1.82) is 0 Å². The van der Waals surface area contributed by atoms with E-state index in [1.807, 2.05) is 5.70 Å². The highest BCUT2D eigenvalue weighted by Crippen LogP contribution is 2.05. The Morgan fingerprint density at radius 3 is 2.00 bits per heavy atom. The molecule has 0 radical (unpaired) electrons. The summed E-state index contributed by atoms with van der Waals surface area (Å²) in [6, 6.07) is 0. The number of hydrogen-bond donors (Lipinski definition) is 0. The van der Waals surface area contributed by atoms with Gasteiger partial charge in [-0.2, -0.15) is 0 Å². The van der Waals surface area contributed by atoms with E-state index in [4.69, 9.17) is 0 Å². The Morgan fingerprint density at radius 1 is 1.40 bits per heavy atom. The highest BCUT2D eigenvalue weighted by molar-refractivity contribution is 6.81. The normalized spacial score (nSPS) is 12.9. The van der Waals surface area contributed by atoms with Gasteiger partial charge in [-0.05, 0) is 0 Å². The van der Waals surface area contributed by atoms with Crippen molar-refractivity contribution in [2.75, 3.05) is 0 Å². The van der Waals surface area contributed by atoms with Crippen molar-refractivity contribution in [3.63, 3.8) is 0 Å². The Labute approximate surface area is 63.5 Å². The molecule has 0 spiro atoms. The van der Waals surface area contributed by atoms with Crippen LogP contribution in [0, 0.1) is 0 Å². The standard InChI is InChI=1S/C8H14OSi/c1-5-8(6-9)7-10(2,3)4/h5-7H,1H2,2-4H3/b8-7-. The third-order valence-corrected chi connectivity index (χ3v) is 2.17. The first-order valence-electron chi connectivity index (χ1n) is 3.30. The number of rotatable bonds is 3. The minimum Gasteiger partial charge on any atom is -0.298 e. The van der Waals surface area contributed by atoms with Gasteiger partial charge in [-0.1, -0.05) is 38.0 Å². The zero-order chi connectivity index (χ0) is 8.20. The predicted octanol–water partition coefficient (Wildman–Crippen LogP) is 2.18. The van der Waals surface area contributed by atoms with Crippen LogP contribution in [0.2, 0.25) is 19.6 Å². The molecule has 0 aromatic carbocycles. The topological polar surface area (TPSA) is 17.1 Å². The second kappa shape index (κ2) is 3.51. The van der Waals surface area contributed by atoms with Gasteiger partial charge in [0.25, 0.3) is 0 Å². The van der Waals surface area contributed by atoms with Crippen LogP contribution in [0.25, 0.3) is 0 Å². The molecule has 56 valence electrons. The number of carbonyl (C=O) groups is 1. The third-order valence-electron chi connectivity index (χ3n) is 0.971. The zero-order valence-corrected chi connectivity index (χ0v) is 7.85. The molecule has 0 aliphatic carbocycles. The Kier molecular flexibility index (Phi) is 3.29. The van der Waals surface area contributed by atoms with E-state index in [0.29, 0.717) is 0 Å². The number of aldehydes is 1. The summed E-state index contributed by atoms with van der Waals surface area (Å²) in [4.78, 5) is 10.3. The molecule has 0 unspecified atom stereocenters. The lowest BCUT2D eigenvalue weighted by Gasteiger charge is -2.08. The lowest BCUT2D eigenvalue weighted by molar-refractivity contribution is -0.104. The van der Waals surface area contributed by atoms with E-state index in [0.717, 1.165) is 11.9 Å². The molecule has 0 bridgehead atoms. The van der Waals surface area contributed by atoms with Crippen molar-refractivity contribution in [3.8, 4) is 0 Å². The number of allylic oxidation sites excluding steroid dienone is 2. The summed E-state index contributed by atoms with van der Waals surface area (Å²) in [5, 5.41) is 0. The van der Waals surface area contributed by atoms with Gasteiger partial charge in [0.2, 0.25) is 0 Å². The van der Waals surface area contributed by atoms with Crippen LogP contribution in [0.15, 0.2) is 23.9 Å². The highest BCUT2D eigenvalue weighted by atomic mass is 28.3. The summed E-state index contributed by atoms with van der Waals surface area (Å²) in [5.74, 6) is 0. The molecule has 0 amide bonds. The lowest BCUT2D eigenvalue weighted by atomic mass is 10.3. The van der Waals surface area contributed by atoms with E-state index >= 15 is 0 Å². The minimum atomic E-state index is -1.23. The molecule has 0 saturated carbocycles. The number of hydrogen-bond acceptors (Lipinski definition) is 1. The van der Waals surface area contributed by atoms with Crippen LogP contribution < -0.4 is 0 Å². The predicted molar refractivity (Wildman–Crippen MR) is 47.7 cm³/mol. The van der Waals surface area contributed by atoms with Gasteiger partial charge in [-0.3, -0.25) is 4.79 Å². The van der Waals surface area contributed by atoms with Crippen molar-refractivity contribution >= 4 is 14.4 Å². The fourth-order valence-corrected chi connectivity index (χ4v) is 1.83. The van der Waals surface area contributed by atoms with Crippen LogP contribution in [0.5, 0.6) is 0 Å². The quantitative estimate of drug-likeness (QED) is 0.263. The second-order valence-corrected chi connectivity index (χ2v) is 8.35. The monoisotopic (exact) mass is 154 g/mol. The first-order valence-corrected chi connectivity index (χ1v) is 6.88. The molecule has 0 aromatic rings. The van der Waals surface area contributed by atoms with Crippen LogP contribution in [-0.2, 0) is 4.79 Å². The van der Waals surface area contributed by atoms with Crippen LogP contribution in [0.1, 0.15) is 0 Å². The summed E-state index contributed by atoms with van der Waals surface area (Å²) in [6.45, 7) is 10.1.